The van der Waals surface area contributed by atoms with Crippen molar-refractivity contribution in [2.75, 3.05) is 20.3 Å². The van der Waals surface area contributed by atoms with Gasteiger partial charge in [0.15, 0.2) is 0 Å². The third-order valence-electron chi connectivity index (χ3n) is 3.10. The highest BCUT2D eigenvalue weighted by atomic mass is 32.1. The molecule has 0 saturated carbocycles. The first-order valence-electron chi connectivity index (χ1n) is 6.40. The Labute approximate surface area is 121 Å². The summed E-state index contributed by atoms with van der Waals surface area (Å²) in [5.41, 5.74) is 0.918. The lowest BCUT2D eigenvalue weighted by Gasteiger charge is -2.16. The number of fused-ring (bicyclic) bond motifs is 1. The van der Waals surface area contributed by atoms with Crippen LogP contribution in [0.4, 0.5) is 0 Å². The molecular formula is C13H19N3O3S. The minimum absolute atomic E-state index is 0.0176. The molecule has 0 saturated heterocycles. The van der Waals surface area contributed by atoms with Crippen molar-refractivity contribution in [2.24, 2.45) is 7.05 Å². The molecule has 0 aliphatic heterocycles. The maximum absolute atomic E-state index is 12.2. The highest BCUT2D eigenvalue weighted by Crippen LogP contribution is 2.27. The predicted molar refractivity (Wildman–Crippen MR) is 78.2 cm³/mol. The zero-order chi connectivity index (χ0) is 14.7. The van der Waals surface area contributed by atoms with Crippen molar-refractivity contribution >= 4 is 27.5 Å². The predicted octanol–water partition coefficient (Wildman–Crippen LogP) is 1.07. The van der Waals surface area contributed by atoms with Gasteiger partial charge >= 0.3 is 0 Å². The van der Waals surface area contributed by atoms with Gasteiger partial charge in [-0.05, 0) is 19.4 Å². The molecule has 1 atom stereocenters. The number of aryl methyl sites for hydroxylation is 2. The maximum Gasteiger partial charge on any atom is 0.261 e. The van der Waals surface area contributed by atoms with Crippen molar-refractivity contribution in [1.29, 1.82) is 0 Å². The summed E-state index contributed by atoms with van der Waals surface area (Å²) in [4.78, 5) is 13.9. The summed E-state index contributed by atoms with van der Waals surface area (Å²) in [7, 11) is 3.44. The number of methoxy groups -OCH3 is 1. The second-order valence-electron chi connectivity index (χ2n) is 4.68. The minimum Gasteiger partial charge on any atom is -0.396 e. The number of nitrogens with one attached hydrogen (secondary N) is 1. The molecule has 0 spiro atoms. The molecule has 0 aliphatic rings. The van der Waals surface area contributed by atoms with E-state index in [2.05, 4.69) is 10.4 Å². The highest BCUT2D eigenvalue weighted by Gasteiger charge is 2.18. The number of nitrogens with zero attached hydrogens (tertiary/aromatic N) is 2. The molecule has 2 heterocycles. The summed E-state index contributed by atoms with van der Waals surface area (Å²) in [5.74, 6) is -0.138. The highest BCUT2D eigenvalue weighted by molar-refractivity contribution is 7.20. The van der Waals surface area contributed by atoms with Gasteiger partial charge in [-0.2, -0.15) is 5.10 Å². The molecule has 0 bridgehead atoms. The van der Waals surface area contributed by atoms with Crippen LogP contribution in [-0.2, 0) is 11.8 Å². The van der Waals surface area contributed by atoms with Crippen molar-refractivity contribution in [1.82, 2.24) is 15.1 Å². The Morgan fingerprint density at radius 2 is 2.40 bits per heavy atom. The molecule has 110 valence electrons. The van der Waals surface area contributed by atoms with Crippen LogP contribution in [0, 0.1) is 6.92 Å². The van der Waals surface area contributed by atoms with Crippen LogP contribution < -0.4 is 5.32 Å². The number of carbonyl (C=O) groups is 1. The standard InChI is InChI=1S/C13H19N3O3S/c1-8-10-6-11(20-13(10)16(2)15-8)12(18)14-9(4-5-17)7-19-3/h6,9,17H,4-5,7H2,1-3H3,(H,14,18). The van der Waals surface area contributed by atoms with Crippen LogP contribution in [0.2, 0.25) is 0 Å². The number of rotatable bonds is 6. The molecular weight excluding hydrogens is 278 g/mol. The first-order valence-corrected chi connectivity index (χ1v) is 7.22. The van der Waals surface area contributed by atoms with E-state index in [0.717, 1.165) is 15.9 Å². The van der Waals surface area contributed by atoms with Gasteiger partial charge in [0.2, 0.25) is 0 Å². The van der Waals surface area contributed by atoms with Gasteiger partial charge in [0.05, 0.1) is 23.2 Å². The normalized spacial score (nSPS) is 12.8. The van der Waals surface area contributed by atoms with Crippen molar-refractivity contribution in [3.8, 4) is 0 Å². The number of aromatic nitrogens is 2. The largest absolute Gasteiger partial charge is 0.396 e. The number of ether oxygens (including phenoxy) is 1. The minimum atomic E-state index is -0.179. The lowest BCUT2D eigenvalue weighted by Crippen LogP contribution is -2.38. The zero-order valence-electron chi connectivity index (χ0n) is 11.8. The Bertz CT molecular complexity index is 565. The van der Waals surface area contributed by atoms with Gasteiger partial charge in [-0.3, -0.25) is 9.48 Å². The number of aliphatic hydroxyl groups is 1. The fraction of sp³-hybridized carbons (Fsp3) is 0.538. The number of hydrogen-bond acceptors (Lipinski definition) is 5. The van der Waals surface area contributed by atoms with Gasteiger partial charge in [-0.1, -0.05) is 0 Å². The summed E-state index contributed by atoms with van der Waals surface area (Å²) in [6, 6.07) is 1.68. The van der Waals surface area contributed by atoms with E-state index in [0.29, 0.717) is 17.9 Å². The van der Waals surface area contributed by atoms with Gasteiger partial charge in [-0.15, -0.1) is 11.3 Å². The Morgan fingerprint density at radius 3 is 3.00 bits per heavy atom. The lowest BCUT2D eigenvalue weighted by molar-refractivity contribution is 0.0883. The van der Waals surface area contributed by atoms with Gasteiger partial charge in [-0.25, -0.2) is 0 Å². The Balaban J connectivity index is 2.16. The molecule has 1 amide bonds. The molecule has 2 aromatic rings. The zero-order valence-corrected chi connectivity index (χ0v) is 12.7. The smallest absolute Gasteiger partial charge is 0.261 e. The molecule has 0 radical (unpaired) electrons. The van der Waals surface area contributed by atoms with E-state index >= 15 is 0 Å². The molecule has 7 heteroatoms. The summed E-state index contributed by atoms with van der Waals surface area (Å²) in [5, 5.41) is 17.2. The summed E-state index contributed by atoms with van der Waals surface area (Å²) >= 11 is 1.42. The van der Waals surface area contributed by atoms with E-state index in [-0.39, 0.29) is 18.6 Å². The van der Waals surface area contributed by atoms with Crippen LogP contribution in [-0.4, -0.2) is 47.2 Å². The molecule has 2 rings (SSSR count). The summed E-state index contributed by atoms with van der Waals surface area (Å²) in [6.45, 7) is 2.33. The molecule has 0 aliphatic carbocycles. The lowest BCUT2D eigenvalue weighted by atomic mass is 10.2. The first kappa shape index (κ1) is 15.0. The van der Waals surface area contributed by atoms with Gasteiger partial charge in [0.25, 0.3) is 5.91 Å². The number of amides is 1. The number of hydrogen-bond donors (Lipinski definition) is 2. The van der Waals surface area contributed by atoms with E-state index in [1.807, 2.05) is 20.0 Å². The Morgan fingerprint density at radius 1 is 1.65 bits per heavy atom. The second kappa shape index (κ2) is 6.34. The number of thiophene rings is 1. The average molecular weight is 297 g/mol. The molecule has 20 heavy (non-hydrogen) atoms. The van der Waals surface area contributed by atoms with Crippen LogP contribution in [0.5, 0.6) is 0 Å². The Kier molecular flexibility index (Phi) is 4.74. The van der Waals surface area contributed by atoms with Crippen LogP contribution >= 0.6 is 11.3 Å². The van der Waals surface area contributed by atoms with E-state index < -0.39 is 0 Å². The molecule has 0 fully saturated rings. The quantitative estimate of drug-likeness (QED) is 0.836. The maximum atomic E-state index is 12.2. The fourth-order valence-corrected chi connectivity index (χ4v) is 3.15. The van der Waals surface area contributed by atoms with Crippen LogP contribution in [0.1, 0.15) is 21.8 Å². The first-order chi connectivity index (χ1) is 9.56. The Hall–Kier alpha value is -1.44. The third kappa shape index (κ3) is 3.00. The van der Waals surface area contributed by atoms with E-state index in [4.69, 9.17) is 9.84 Å². The van der Waals surface area contributed by atoms with Crippen molar-refractivity contribution in [3.63, 3.8) is 0 Å². The molecule has 0 aromatic carbocycles. The van der Waals surface area contributed by atoms with E-state index in [9.17, 15) is 4.79 Å². The fourth-order valence-electron chi connectivity index (χ4n) is 2.13. The molecule has 6 nitrogen and oxygen atoms in total. The van der Waals surface area contributed by atoms with Crippen molar-refractivity contribution in [3.05, 3.63) is 16.6 Å². The van der Waals surface area contributed by atoms with Gasteiger partial charge in [0, 0.05) is 26.2 Å². The third-order valence-corrected chi connectivity index (χ3v) is 4.30. The van der Waals surface area contributed by atoms with Crippen molar-refractivity contribution in [2.45, 2.75) is 19.4 Å². The summed E-state index contributed by atoms with van der Waals surface area (Å²) in [6.07, 6.45) is 0.477. The van der Waals surface area contributed by atoms with Crippen molar-refractivity contribution < 1.29 is 14.6 Å². The number of carbonyl (C=O) groups excluding carboxylic acids is 1. The van der Waals surface area contributed by atoms with E-state index in [1.54, 1.807) is 11.8 Å². The SMILES string of the molecule is COCC(CCO)NC(=O)c1cc2c(C)nn(C)c2s1. The van der Waals surface area contributed by atoms with Crippen LogP contribution in [0.3, 0.4) is 0 Å². The van der Waals surface area contributed by atoms with E-state index in [1.165, 1.54) is 11.3 Å². The average Bonchev–Trinajstić information content (AvgIpc) is 2.93. The molecule has 2 N–H and O–H groups in total. The number of aliphatic hydroxyl groups excluding tert-OH is 1. The van der Waals surface area contributed by atoms with Gasteiger partial charge < -0.3 is 15.2 Å². The summed E-state index contributed by atoms with van der Waals surface area (Å²) < 4.78 is 6.82. The topological polar surface area (TPSA) is 76.4 Å². The van der Waals surface area contributed by atoms with Crippen LogP contribution in [0.15, 0.2) is 6.07 Å². The monoisotopic (exact) mass is 297 g/mol. The second-order valence-corrected chi connectivity index (χ2v) is 5.71. The molecule has 1 unspecified atom stereocenters. The van der Waals surface area contributed by atoms with Gasteiger partial charge in [0.1, 0.15) is 4.83 Å². The molecule has 2 aromatic heterocycles. The van der Waals surface area contributed by atoms with Crippen LogP contribution in [0.25, 0.3) is 10.2 Å².